The van der Waals surface area contributed by atoms with Crippen LogP contribution in [0.25, 0.3) is 21.8 Å². The highest BCUT2D eigenvalue weighted by molar-refractivity contribution is 6.07. The van der Waals surface area contributed by atoms with E-state index in [0.717, 1.165) is 6.42 Å². The molecular weight excluding hydrogens is 270 g/mol. The summed E-state index contributed by atoms with van der Waals surface area (Å²) >= 11 is 0. The van der Waals surface area contributed by atoms with Crippen molar-refractivity contribution in [3.8, 4) is 0 Å². The van der Waals surface area contributed by atoms with E-state index in [1.54, 1.807) is 0 Å². The van der Waals surface area contributed by atoms with Crippen molar-refractivity contribution in [1.29, 1.82) is 0 Å². The maximum absolute atomic E-state index is 4.29. The third-order valence-electron chi connectivity index (χ3n) is 4.26. The molecule has 3 nitrogen and oxygen atoms in total. The van der Waals surface area contributed by atoms with Crippen molar-refractivity contribution in [2.75, 3.05) is 0 Å². The molecule has 0 amide bonds. The summed E-state index contributed by atoms with van der Waals surface area (Å²) in [6.07, 6.45) is 4.79. The number of nitrogens with one attached hydrogen (secondary N) is 1. The highest BCUT2D eigenvalue weighted by Crippen LogP contribution is 2.26. The fraction of sp³-hybridized carbons (Fsp3) is 0.211. The predicted molar refractivity (Wildman–Crippen MR) is 91.2 cm³/mol. The minimum Gasteiger partial charge on any atom is -0.355 e. The van der Waals surface area contributed by atoms with Gasteiger partial charge < -0.3 is 9.55 Å². The van der Waals surface area contributed by atoms with Crippen LogP contribution >= 0.6 is 0 Å². The third-order valence-corrected chi connectivity index (χ3v) is 4.26. The Morgan fingerprint density at radius 1 is 1.05 bits per heavy atom. The van der Waals surface area contributed by atoms with E-state index in [1.807, 2.05) is 12.5 Å². The predicted octanol–water partition coefficient (Wildman–Crippen LogP) is 4.69. The van der Waals surface area contributed by atoms with Crippen LogP contribution < -0.4 is 0 Å². The van der Waals surface area contributed by atoms with Crippen LogP contribution in [0, 0.1) is 0 Å². The number of benzene rings is 2. The molecule has 4 aromatic rings. The molecule has 0 atom stereocenters. The molecule has 0 spiro atoms. The lowest BCUT2D eigenvalue weighted by Crippen LogP contribution is -2.04. The van der Waals surface area contributed by atoms with Crippen LogP contribution in [-0.2, 0) is 6.42 Å². The Labute approximate surface area is 129 Å². The van der Waals surface area contributed by atoms with Crippen LogP contribution in [0.4, 0.5) is 0 Å². The molecular formula is C19H19N3. The van der Waals surface area contributed by atoms with Crippen molar-refractivity contribution in [1.82, 2.24) is 14.5 Å². The molecule has 2 heterocycles. The Balaban J connectivity index is 1.76. The van der Waals surface area contributed by atoms with Crippen molar-refractivity contribution in [2.24, 2.45) is 0 Å². The molecule has 3 heteroatoms. The number of para-hydroxylation sites is 1. The molecule has 0 radical (unpaired) electrons. The van der Waals surface area contributed by atoms with Crippen molar-refractivity contribution in [3.05, 3.63) is 66.2 Å². The molecule has 2 aromatic carbocycles. The van der Waals surface area contributed by atoms with Gasteiger partial charge in [0.25, 0.3) is 0 Å². The third kappa shape index (κ3) is 2.10. The van der Waals surface area contributed by atoms with E-state index in [0.29, 0.717) is 6.04 Å². The largest absolute Gasteiger partial charge is 0.355 e. The molecule has 0 fully saturated rings. The van der Waals surface area contributed by atoms with Gasteiger partial charge in [0, 0.05) is 46.2 Å². The fourth-order valence-electron chi connectivity index (χ4n) is 3.15. The van der Waals surface area contributed by atoms with Gasteiger partial charge in [0.05, 0.1) is 6.33 Å². The van der Waals surface area contributed by atoms with Gasteiger partial charge in [-0.1, -0.05) is 30.3 Å². The van der Waals surface area contributed by atoms with Gasteiger partial charge in [-0.25, -0.2) is 4.98 Å². The first kappa shape index (κ1) is 13.1. The van der Waals surface area contributed by atoms with E-state index in [1.165, 1.54) is 33.1 Å². The number of aromatic nitrogens is 3. The number of imidazole rings is 1. The number of fused-ring (bicyclic) bond motifs is 3. The Hall–Kier alpha value is -2.55. The lowest BCUT2D eigenvalue weighted by Gasteiger charge is -2.11. The average Bonchev–Trinajstić information content (AvgIpc) is 3.10. The van der Waals surface area contributed by atoms with Gasteiger partial charge in [0.2, 0.25) is 0 Å². The van der Waals surface area contributed by atoms with E-state index in [2.05, 4.69) is 70.8 Å². The maximum atomic E-state index is 4.29. The zero-order valence-corrected chi connectivity index (χ0v) is 12.9. The van der Waals surface area contributed by atoms with E-state index in [4.69, 9.17) is 0 Å². The first-order valence-corrected chi connectivity index (χ1v) is 7.72. The van der Waals surface area contributed by atoms with Crippen LogP contribution in [0.5, 0.6) is 0 Å². The summed E-state index contributed by atoms with van der Waals surface area (Å²) in [7, 11) is 0. The summed E-state index contributed by atoms with van der Waals surface area (Å²) in [6, 6.07) is 15.6. The molecule has 110 valence electrons. The molecule has 0 saturated carbocycles. The zero-order valence-electron chi connectivity index (χ0n) is 12.9. The molecule has 0 unspecified atom stereocenters. The lowest BCUT2D eigenvalue weighted by molar-refractivity contribution is 0.579. The van der Waals surface area contributed by atoms with Crippen LogP contribution in [-0.4, -0.2) is 14.5 Å². The Morgan fingerprint density at radius 3 is 2.73 bits per heavy atom. The van der Waals surface area contributed by atoms with Gasteiger partial charge in [-0.2, -0.15) is 0 Å². The minimum atomic E-state index is 0.439. The molecule has 0 aliphatic heterocycles. The molecule has 0 aliphatic carbocycles. The Bertz CT molecular complexity index is 944. The van der Waals surface area contributed by atoms with Crippen LogP contribution in [0.1, 0.15) is 31.1 Å². The van der Waals surface area contributed by atoms with Crippen molar-refractivity contribution >= 4 is 21.8 Å². The van der Waals surface area contributed by atoms with Crippen molar-refractivity contribution in [2.45, 2.75) is 26.3 Å². The topological polar surface area (TPSA) is 33.6 Å². The van der Waals surface area contributed by atoms with E-state index >= 15 is 0 Å². The molecule has 1 N–H and O–H groups in total. The molecule has 22 heavy (non-hydrogen) atoms. The van der Waals surface area contributed by atoms with Gasteiger partial charge >= 0.3 is 0 Å². The number of nitrogens with zero attached hydrogens (tertiary/aromatic N) is 2. The smallest absolute Gasteiger partial charge is 0.0950 e. The second kappa shape index (κ2) is 5.02. The second-order valence-corrected chi connectivity index (χ2v) is 6.11. The molecule has 2 aromatic heterocycles. The quantitative estimate of drug-likeness (QED) is 0.583. The van der Waals surface area contributed by atoms with Gasteiger partial charge in [-0.05, 0) is 31.5 Å². The molecule has 0 aliphatic rings. The Morgan fingerprint density at radius 2 is 1.86 bits per heavy atom. The summed E-state index contributed by atoms with van der Waals surface area (Å²) in [6.45, 7) is 4.37. The maximum Gasteiger partial charge on any atom is 0.0950 e. The molecule has 0 bridgehead atoms. The number of hydrogen-bond acceptors (Lipinski definition) is 1. The highest BCUT2D eigenvalue weighted by Gasteiger charge is 2.08. The fourth-order valence-corrected chi connectivity index (χ4v) is 3.15. The van der Waals surface area contributed by atoms with Crippen LogP contribution in [0.3, 0.4) is 0 Å². The standard InChI is InChI=1S/C19H19N3/c1-13(2)22-12-20-11-15(22)9-14-7-8-17-16-5-3-4-6-18(16)21-19(17)10-14/h3-8,10-13,21H,9H2,1-2H3. The van der Waals surface area contributed by atoms with Crippen LogP contribution in [0.2, 0.25) is 0 Å². The minimum absolute atomic E-state index is 0.439. The van der Waals surface area contributed by atoms with Gasteiger partial charge in [0.15, 0.2) is 0 Å². The summed E-state index contributed by atoms with van der Waals surface area (Å²) < 4.78 is 2.23. The average molecular weight is 289 g/mol. The Kier molecular flexibility index (Phi) is 3.00. The summed E-state index contributed by atoms with van der Waals surface area (Å²) in [5.41, 5.74) is 4.96. The van der Waals surface area contributed by atoms with Gasteiger partial charge in [-0.3, -0.25) is 0 Å². The number of H-pyrrole nitrogens is 1. The van der Waals surface area contributed by atoms with Crippen molar-refractivity contribution in [3.63, 3.8) is 0 Å². The number of aromatic amines is 1. The normalized spacial score (nSPS) is 11.8. The number of rotatable bonds is 3. The molecule has 4 rings (SSSR count). The monoisotopic (exact) mass is 289 g/mol. The van der Waals surface area contributed by atoms with E-state index in [9.17, 15) is 0 Å². The zero-order chi connectivity index (χ0) is 15.1. The summed E-state index contributed by atoms with van der Waals surface area (Å²) in [4.78, 5) is 7.80. The van der Waals surface area contributed by atoms with E-state index in [-0.39, 0.29) is 0 Å². The van der Waals surface area contributed by atoms with E-state index < -0.39 is 0 Å². The molecule has 0 saturated heterocycles. The highest BCUT2D eigenvalue weighted by atomic mass is 15.1. The number of hydrogen-bond donors (Lipinski definition) is 1. The van der Waals surface area contributed by atoms with Crippen molar-refractivity contribution < 1.29 is 0 Å². The summed E-state index contributed by atoms with van der Waals surface area (Å²) in [5.74, 6) is 0. The summed E-state index contributed by atoms with van der Waals surface area (Å²) in [5, 5.41) is 2.58. The lowest BCUT2D eigenvalue weighted by atomic mass is 10.1. The SMILES string of the molecule is CC(C)n1cncc1Cc1ccc2c(c1)[nH]c1ccccc12. The second-order valence-electron chi connectivity index (χ2n) is 6.11. The van der Waals surface area contributed by atoms with Gasteiger partial charge in [0.1, 0.15) is 0 Å². The first-order valence-electron chi connectivity index (χ1n) is 7.72. The van der Waals surface area contributed by atoms with Gasteiger partial charge in [-0.15, -0.1) is 0 Å². The van der Waals surface area contributed by atoms with Crippen LogP contribution in [0.15, 0.2) is 55.0 Å². The first-order chi connectivity index (χ1) is 10.7.